The number of nitrogens with zero attached hydrogens (tertiary/aromatic N) is 2. The van der Waals surface area contributed by atoms with Crippen molar-refractivity contribution in [1.29, 1.82) is 0 Å². The number of hydrogen-bond donors (Lipinski definition) is 0. The summed E-state index contributed by atoms with van der Waals surface area (Å²) in [7, 11) is 4.55. The summed E-state index contributed by atoms with van der Waals surface area (Å²) in [6.45, 7) is 7.08. The van der Waals surface area contributed by atoms with Crippen LogP contribution < -0.4 is 33.8 Å². The van der Waals surface area contributed by atoms with E-state index in [1.807, 2.05) is 13.8 Å². The zero-order valence-corrected chi connectivity index (χ0v) is 24.8. The van der Waals surface area contributed by atoms with Crippen molar-refractivity contribution in [2.75, 3.05) is 27.9 Å². The molecule has 1 atom stereocenters. The van der Waals surface area contributed by atoms with Crippen molar-refractivity contribution >= 4 is 29.4 Å². The van der Waals surface area contributed by atoms with E-state index in [0.717, 1.165) is 0 Å². The molecule has 11 heteroatoms. The highest BCUT2D eigenvalue weighted by Crippen LogP contribution is 2.36. The van der Waals surface area contributed by atoms with Gasteiger partial charge in [0.15, 0.2) is 16.3 Å². The molecule has 1 aromatic heterocycles. The minimum absolute atomic E-state index is 0.112. The average Bonchev–Trinajstić information content (AvgIpc) is 3.24. The molecule has 1 aliphatic rings. The first kappa shape index (κ1) is 29.6. The summed E-state index contributed by atoms with van der Waals surface area (Å²) in [5.74, 6) is 0.682. The summed E-state index contributed by atoms with van der Waals surface area (Å²) in [5, 5.41) is 0. The summed E-state index contributed by atoms with van der Waals surface area (Å²) in [5.41, 5.74) is 1.50. The van der Waals surface area contributed by atoms with Gasteiger partial charge in [0.1, 0.15) is 11.5 Å². The molecule has 0 N–H and O–H groups in total. The second kappa shape index (κ2) is 12.4. The normalized spacial score (nSPS) is 14.8. The number of carbonyl (C=O) groups is 2. The molecule has 2 aromatic carbocycles. The Bertz CT molecular complexity index is 1700. The van der Waals surface area contributed by atoms with Crippen LogP contribution in [0.5, 0.6) is 23.0 Å². The predicted octanol–water partition coefficient (Wildman–Crippen LogP) is 3.39. The van der Waals surface area contributed by atoms with Gasteiger partial charge >= 0.3 is 11.9 Å². The molecule has 0 spiro atoms. The number of fused-ring (bicyclic) bond motifs is 1. The molecule has 10 nitrogen and oxygen atoms in total. The van der Waals surface area contributed by atoms with E-state index in [2.05, 4.69) is 4.99 Å². The highest BCUT2D eigenvalue weighted by atomic mass is 32.1. The molecule has 0 radical (unpaired) electrons. The van der Waals surface area contributed by atoms with Gasteiger partial charge < -0.3 is 23.7 Å². The molecular formula is C30H32N2O8S. The van der Waals surface area contributed by atoms with Crippen molar-refractivity contribution in [3.8, 4) is 23.0 Å². The van der Waals surface area contributed by atoms with E-state index in [0.29, 0.717) is 37.7 Å². The van der Waals surface area contributed by atoms with E-state index in [-0.39, 0.29) is 35.2 Å². The number of esters is 2. The minimum Gasteiger partial charge on any atom is -0.497 e. The summed E-state index contributed by atoms with van der Waals surface area (Å²) < 4.78 is 29.0. The van der Waals surface area contributed by atoms with Crippen molar-refractivity contribution < 1.29 is 33.3 Å². The first-order valence-corrected chi connectivity index (χ1v) is 13.7. The zero-order chi connectivity index (χ0) is 29.8. The number of aromatic nitrogens is 1. The van der Waals surface area contributed by atoms with Crippen LogP contribution in [-0.2, 0) is 14.3 Å². The molecule has 0 fully saturated rings. The Kier molecular flexibility index (Phi) is 8.97. The van der Waals surface area contributed by atoms with Crippen LogP contribution in [0.3, 0.4) is 0 Å². The minimum atomic E-state index is -0.874. The monoisotopic (exact) mass is 580 g/mol. The quantitative estimate of drug-likeness (QED) is 0.280. The van der Waals surface area contributed by atoms with Crippen LogP contribution in [0.25, 0.3) is 6.08 Å². The molecule has 1 aliphatic heterocycles. The Morgan fingerprint density at radius 3 is 2.37 bits per heavy atom. The van der Waals surface area contributed by atoms with E-state index < -0.39 is 18.0 Å². The standard InChI is InChI=1S/C30H32N2O8S/c1-16(2)15-39-29(35)26-17(3)31-30-32(27(26)19-8-10-23(40-18(4)33)24(13-19)38-7)28(34)25(41-30)14-20-12-21(36-5)9-11-22(20)37-6/h8-14,16,27H,15H2,1-7H3/b25-14-/t27-/m0/s1. The fourth-order valence-corrected chi connectivity index (χ4v) is 5.44. The second-order valence-electron chi connectivity index (χ2n) is 9.69. The van der Waals surface area contributed by atoms with Crippen molar-refractivity contribution in [2.24, 2.45) is 10.9 Å². The third-order valence-electron chi connectivity index (χ3n) is 6.27. The van der Waals surface area contributed by atoms with E-state index in [1.54, 1.807) is 63.6 Å². The predicted molar refractivity (Wildman–Crippen MR) is 153 cm³/mol. The van der Waals surface area contributed by atoms with E-state index in [4.69, 9.17) is 23.7 Å². The fourth-order valence-electron chi connectivity index (χ4n) is 4.41. The fraction of sp³-hybridized carbons (Fsp3) is 0.333. The van der Waals surface area contributed by atoms with E-state index in [9.17, 15) is 14.4 Å². The van der Waals surface area contributed by atoms with Crippen LogP contribution in [0.1, 0.15) is 44.9 Å². The zero-order valence-electron chi connectivity index (χ0n) is 24.0. The first-order chi connectivity index (χ1) is 19.6. The van der Waals surface area contributed by atoms with Crippen LogP contribution >= 0.6 is 11.3 Å². The Balaban J connectivity index is 1.95. The number of carbonyl (C=O) groups excluding carboxylic acids is 2. The SMILES string of the molecule is COc1ccc(OC)c(/C=c2\sc3n(c2=O)[C@@H](c2ccc(OC(C)=O)c(OC)c2)C(C(=O)OCC(C)C)=C(C)N=3)c1. The van der Waals surface area contributed by atoms with Gasteiger partial charge in [0, 0.05) is 12.5 Å². The maximum absolute atomic E-state index is 14.0. The van der Waals surface area contributed by atoms with Crippen molar-refractivity contribution in [1.82, 2.24) is 4.57 Å². The van der Waals surface area contributed by atoms with Crippen molar-refractivity contribution in [3.05, 3.63) is 78.5 Å². The number of benzene rings is 2. The summed E-state index contributed by atoms with van der Waals surface area (Å²) in [6, 6.07) is 9.31. The largest absolute Gasteiger partial charge is 0.497 e. The summed E-state index contributed by atoms with van der Waals surface area (Å²) in [4.78, 5) is 44.1. The highest BCUT2D eigenvalue weighted by molar-refractivity contribution is 7.07. The smallest absolute Gasteiger partial charge is 0.338 e. The molecular weight excluding hydrogens is 548 g/mol. The molecule has 216 valence electrons. The van der Waals surface area contributed by atoms with Gasteiger partial charge in [-0.25, -0.2) is 9.79 Å². The maximum Gasteiger partial charge on any atom is 0.338 e. The molecule has 4 rings (SSSR count). The lowest BCUT2D eigenvalue weighted by Gasteiger charge is -2.25. The molecule has 41 heavy (non-hydrogen) atoms. The first-order valence-electron chi connectivity index (χ1n) is 12.9. The summed E-state index contributed by atoms with van der Waals surface area (Å²) in [6.07, 6.45) is 1.71. The van der Waals surface area contributed by atoms with Gasteiger partial charge in [-0.15, -0.1) is 0 Å². The van der Waals surface area contributed by atoms with Crippen molar-refractivity contribution in [2.45, 2.75) is 33.7 Å². The average molecular weight is 581 g/mol. The van der Waals surface area contributed by atoms with Gasteiger partial charge in [-0.3, -0.25) is 14.2 Å². The molecule has 0 amide bonds. The van der Waals surface area contributed by atoms with Gasteiger partial charge in [0.05, 0.1) is 49.8 Å². The molecule has 2 heterocycles. The number of rotatable bonds is 9. The number of allylic oxidation sites excluding steroid dienone is 1. The molecule has 0 saturated carbocycles. The molecule has 3 aromatic rings. The van der Waals surface area contributed by atoms with E-state index in [1.165, 1.54) is 29.9 Å². The van der Waals surface area contributed by atoms with Gasteiger partial charge in [0.25, 0.3) is 5.56 Å². The lowest BCUT2D eigenvalue weighted by Crippen LogP contribution is -2.40. The van der Waals surface area contributed by atoms with Crippen LogP contribution in [-0.4, -0.2) is 44.4 Å². The second-order valence-corrected chi connectivity index (χ2v) is 10.7. The Morgan fingerprint density at radius 2 is 1.73 bits per heavy atom. The molecule has 0 saturated heterocycles. The number of hydrogen-bond acceptors (Lipinski definition) is 10. The molecule has 0 bridgehead atoms. The van der Waals surface area contributed by atoms with Crippen molar-refractivity contribution in [3.63, 3.8) is 0 Å². The van der Waals surface area contributed by atoms with Gasteiger partial charge in [-0.1, -0.05) is 31.3 Å². The lowest BCUT2D eigenvalue weighted by molar-refractivity contribution is -0.140. The number of thiazole rings is 1. The van der Waals surface area contributed by atoms with E-state index >= 15 is 0 Å². The number of methoxy groups -OCH3 is 3. The van der Waals surface area contributed by atoms with Gasteiger partial charge in [0.2, 0.25) is 0 Å². The third-order valence-corrected chi connectivity index (χ3v) is 7.25. The van der Waals surface area contributed by atoms with Gasteiger partial charge in [-0.05, 0) is 54.8 Å². The van der Waals surface area contributed by atoms with Gasteiger partial charge in [-0.2, -0.15) is 0 Å². The topological polar surface area (TPSA) is 115 Å². The number of ether oxygens (including phenoxy) is 5. The maximum atomic E-state index is 14.0. The van der Waals surface area contributed by atoms with Crippen LogP contribution in [0.15, 0.2) is 57.5 Å². The molecule has 0 unspecified atom stereocenters. The third kappa shape index (κ3) is 6.19. The van der Waals surface area contributed by atoms with Crippen LogP contribution in [0.2, 0.25) is 0 Å². The Hall–Kier alpha value is -4.38. The van der Waals surface area contributed by atoms with Crippen LogP contribution in [0.4, 0.5) is 0 Å². The van der Waals surface area contributed by atoms with Crippen LogP contribution in [0, 0.1) is 5.92 Å². The molecule has 0 aliphatic carbocycles. The Morgan fingerprint density at radius 1 is 1.02 bits per heavy atom. The lowest BCUT2D eigenvalue weighted by atomic mass is 9.95. The highest BCUT2D eigenvalue weighted by Gasteiger charge is 2.34. The Labute approximate surface area is 241 Å². The summed E-state index contributed by atoms with van der Waals surface area (Å²) >= 11 is 1.19.